The molecule has 5 heteroatoms. The maximum absolute atomic E-state index is 11.9. The first-order valence-electron chi connectivity index (χ1n) is 7.12. The Labute approximate surface area is 128 Å². The van der Waals surface area contributed by atoms with Crippen molar-refractivity contribution >= 4 is 28.6 Å². The average Bonchev–Trinajstić information content (AvgIpc) is 2.85. The van der Waals surface area contributed by atoms with E-state index in [0.29, 0.717) is 13.0 Å². The summed E-state index contributed by atoms with van der Waals surface area (Å²) < 4.78 is 5.49. The van der Waals surface area contributed by atoms with Crippen LogP contribution in [0.4, 0.5) is 0 Å². The molecule has 114 valence electrons. The van der Waals surface area contributed by atoms with Crippen molar-refractivity contribution < 1.29 is 14.3 Å². The quantitative estimate of drug-likeness (QED) is 0.736. The van der Waals surface area contributed by atoms with Crippen molar-refractivity contribution in [1.29, 1.82) is 0 Å². The zero-order chi connectivity index (χ0) is 15.1. The van der Waals surface area contributed by atoms with Gasteiger partial charge in [0.1, 0.15) is 5.58 Å². The van der Waals surface area contributed by atoms with Gasteiger partial charge in [-0.25, -0.2) is 0 Å². The van der Waals surface area contributed by atoms with Gasteiger partial charge in [-0.15, -0.1) is 0 Å². The molecule has 2 N–H and O–H groups in total. The molecule has 2 rings (SSSR count). The second-order valence-corrected chi connectivity index (χ2v) is 6.20. The molecule has 0 saturated heterocycles. The highest BCUT2D eigenvalue weighted by molar-refractivity contribution is 7.99. The zero-order valence-electron chi connectivity index (χ0n) is 12.2. The summed E-state index contributed by atoms with van der Waals surface area (Å²) in [5.74, 6) is 1.82. The summed E-state index contributed by atoms with van der Waals surface area (Å²) in [6.45, 7) is 2.90. The predicted octanol–water partition coefficient (Wildman–Crippen LogP) is 2.52. The normalized spacial score (nSPS) is 11.0. The van der Waals surface area contributed by atoms with E-state index in [4.69, 9.17) is 9.52 Å². The van der Waals surface area contributed by atoms with Crippen LogP contribution in [0.15, 0.2) is 28.9 Å². The third-order valence-corrected chi connectivity index (χ3v) is 4.25. The van der Waals surface area contributed by atoms with Gasteiger partial charge in [-0.05, 0) is 30.7 Å². The molecule has 0 aliphatic rings. The van der Waals surface area contributed by atoms with E-state index in [-0.39, 0.29) is 12.5 Å². The Morgan fingerprint density at radius 3 is 3.05 bits per heavy atom. The molecule has 0 fully saturated rings. The van der Waals surface area contributed by atoms with Crippen molar-refractivity contribution in [3.8, 4) is 0 Å². The van der Waals surface area contributed by atoms with Gasteiger partial charge in [-0.2, -0.15) is 11.8 Å². The van der Waals surface area contributed by atoms with E-state index in [1.54, 1.807) is 18.0 Å². The van der Waals surface area contributed by atoms with Gasteiger partial charge in [0.15, 0.2) is 0 Å². The van der Waals surface area contributed by atoms with Gasteiger partial charge < -0.3 is 14.8 Å². The van der Waals surface area contributed by atoms with Crippen LogP contribution in [0, 0.1) is 6.92 Å². The second kappa shape index (κ2) is 8.10. The number of aliphatic hydroxyl groups is 1. The number of carbonyl (C=O) groups excluding carboxylic acids is 1. The van der Waals surface area contributed by atoms with E-state index in [2.05, 4.69) is 5.32 Å². The Balaban J connectivity index is 1.79. The molecule has 1 amide bonds. The number of thioether (sulfide) groups is 1. The van der Waals surface area contributed by atoms with Crippen LogP contribution < -0.4 is 5.32 Å². The van der Waals surface area contributed by atoms with Crippen molar-refractivity contribution in [2.24, 2.45) is 0 Å². The van der Waals surface area contributed by atoms with Gasteiger partial charge in [0.2, 0.25) is 5.91 Å². The highest BCUT2D eigenvalue weighted by atomic mass is 32.2. The minimum absolute atomic E-state index is 0.0148. The molecule has 2 aromatic rings. The first-order valence-corrected chi connectivity index (χ1v) is 8.28. The second-order valence-electron chi connectivity index (χ2n) is 4.98. The van der Waals surface area contributed by atoms with Gasteiger partial charge in [0.25, 0.3) is 0 Å². The Hall–Kier alpha value is -1.46. The number of aryl methyl sites for hydroxylation is 1. The van der Waals surface area contributed by atoms with Gasteiger partial charge >= 0.3 is 0 Å². The van der Waals surface area contributed by atoms with Crippen LogP contribution in [-0.4, -0.2) is 35.7 Å². The van der Waals surface area contributed by atoms with Crippen molar-refractivity contribution in [3.63, 3.8) is 0 Å². The fourth-order valence-corrected chi connectivity index (χ4v) is 2.88. The summed E-state index contributed by atoms with van der Waals surface area (Å²) in [4.78, 5) is 11.9. The summed E-state index contributed by atoms with van der Waals surface area (Å²) in [6.07, 6.45) is 2.82. The number of fused-ring (bicyclic) bond motifs is 1. The van der Waals surface area contributed by atoms with Crippen LogP contribution in [0.3, 0.4) is 0 Å². The van der Waals surface area contributed by atoms with E-state index in [0.717, 1.165) is 40.0 Å². The lowest BCUT2D eigenvalue weighted by molar-refractivity contribution is -0.120. The largest absolute Gasteiger partial charge is 0.464 e. The van der Waals surface area contributed by atoms with Gasteiger partial charge in [-0.3, -0.25) is 4.79 Å². The Morgan fingerprint density at radius 2 is 2.24 bits per heavy atom. The minimum atomic E-state index is 0.0148. The maximum atomic E-state index is 11.9. The van der Waals surface area contributed by atoms with Gasteiger partial charge in [0.05, 0.1) is 12.7 Å². The number of nitrogens with one attached hydrogen (secondary N) is 1. The third-order valence-electron chi connectivity index (χ3n) is 3.18. The molecule has 4 nitrogen and oxygen atoms in total. The first-order chi connectivity index (χ1) is 10.2. The molecule has 0 unspecified atom stereocenters. The van der Waals surface area contributed by atoms with Crippen LogP contribution >= 0.6 is 11.8 Å². The first kappa shape index (κ1) is 15.9. The predicted molar refractivity (Wildman–Crippen MR) is 86.7 cm³/mol. The fraction of sp³-hybridized carbons (Fsp3) is 0.438. The third kappa shape index (κ3) is 4.79. The lowest BCUT2D eigenvalue weighted by Gasteiger charge is -2.04. The Bertz CT molecular complexity index is 594. The number of furan rings is 1. The molecule has 0 spiro atoms. The molecule has 0 atom stereocenters. The molecule has 1 aromatic heterocycles. The van der Waals surface area contributed by atoms with Crippen molar-refractivity contribution in [1.82, 2.24) is 5.32 Å². The number of hydrogen-bond acceptors (Lipinski definition) is 4. The van der Waals surface area contributed by atoms with Crippen LogP contribution in [-0.2, 0) is 11.2 Å². The van der Waals surface area contributed by atoms with E-state index in [9.17, 15) is 4.79 Å². The van der Waals surface area contributed by atoms with Crippen LogP contribution in [0.1, 0.15) is 17.5 Å². The highest BCUT2D eigenvalue weighted by Gasteiger charge is 2.10. The van der Waals surface area contributed by atoms with Crippen LogP contribution in [0.5, 0.6) is 0 Å². The van der Waals surface area contributed by atoms with Crippen LogP contribution in [0.25, 0.3) is 11.0 Å². The smallest absolute Gasteiger partial charge is 0.224 e. The number of amides is 1. The number of aliphatic hydroxyl groups excluding tert-OH is 1. The van der Waals surface area contributed by atoms with E-state index in [1.807, 2.05) is 25.1 Å². The minimum Gasteiger partial charge on any atom is -0.464 e. The van der Waals surface area contributed by atoms with Crippen molar-refractivity contribution in [3.05, 3.63) is 35.6 Å². The highest BCUT2D eigenvalue weighted by Crippen LogP contribution is 2.22. The fourth-order valence-electron chi connectivity index (χ4n) is 2.09. The SMILES string of the molecule is Cc1ccc2c(CC(=O)NCCSCCCO)coc2c1. The van der Waals surface area contributed by atoms with Crippen LogP contribution in [0.2, 0.25) is 0 Å². The summed E-state index contributed by atoms with van der Waals surface area (Å²) in [5.41, 5.74) is 2.90. The lowest BCUT2D eigenvalue weighted by Crippen LogP contribution is -2.27. The monoisotopic (exact) mass is 307 g/mol. The molecular formula is C16H21NO3S. The van der Waals surface area contributed by atoms with Gasteiger partial charge in [-0.1, -0.05) is 12.1 Å². The maximum Gasteiger partial charge on any atom is 0.224 e. The summed E-state index contributed by atoms with van der Waals surface area (Å²) in [7, 11) is 0. The van der Waals surface area contributed by atoms with E-state index in [1.165, 1.54) is 0 Å². The molecule has 0 aliphatic carbocycles. The average molecular weight is 307 g/mol. The molecule has 0 aliphatic heterocycles. The lowest BCUT2D eigenvalue weighted by atomic mass is 10.1. The van der Waals surface area contributed by atoms with E-state index >= 15 is 0 Å². The molecular weight excluding hydrogens is 286 g/mol. The molecule has 0 bridgehead atoms. The van der Waals surface area contributed by atoms with Crippen molar-refractivity contribution in [2.75, 3.05) is 24.7 Å². The number of carbonyl (C=O) groups is 1. The number of hydrogen-bond donors (Lipinski definition) is 2. The van der Waals surface area contributed by atoms with Gasteiger partial charge in [0, 0.05) is 29.9 Å². The molecule has 0 saturated carbocycles. The standard InChI is InChI=1S/C16H21NO3S/c1-12-3-4-14-13(11-20-15(14)9-12)10-16(19)17-5-8-21-7-2-6-18/h3-4,9,11,18H,2,5-8,10H2,1H3,(H,17,19). The number of benzene rings is 1. The topological polar surface area (TPSA) is 62.5 Å². The molecule has 1 heterocycles. The molecule has 0 radical (unpaired) electrons. The molecule has 21 heavy (non-hydrogen) atoms. The van der Waals surface area contributed by atoms with E-state index < -0.39 is 0 Å². The Kier molecular flexibility index (Phi) is 6.14. The molecule has 1 aromatic carbocycles. The number of rotatable bonds is 8. The van der Waals surface area contributed by atoms with Crippen molar-refractivity contribution in [2.45, 2.75) is 19.8 Å². The Morgan fingerprint density at radius 1 is 1.38 bits per heavy atom. The zero-order valence-corrected chi connectivity index (χ0v) is 13.0. The summed E-state index contributed by atoms with van der Waals surface area (Å²) in [6, 6.07) is 6.01. The summed E-state index contributed by atoms with van der Waals surface area (Å²) in [5, 5.41) is 12.6. The summed E-state index contributed by atoms with van der Waals surface area (Å²) >= 11 is 1.74.